The zero-order valence-corrected chi connectivity index (χ0v) is 13.5. The summed E-state index contributed by atoms with van der Waals surface area (Å²) in [5.74, 6) is 1.57. The van der Waals surface area contributed by atoms with E-state index >= 15 is 0 Å². The summed E-state index contributed by atoms with van der Waals surface area (Å²) in [5.41, 5.74) is 2.10. The first kappa shape index (κ1) is 16.0. The highest BCUT2D eigenvalue weighted by Gasteiger charge is 2.05. The van der Waals surface area contributed by atoms with Crippen molar-refractivity contribution in [3.8, 4) is 11.5 Å². The number of rotatable bonds is 6. The average molecular weight is 326 g/mol. The maximum absolute atomic E-state index is 5.98. The molecule has 3 nitrogen and oxygen atoms in total. The van der Waals surface area contributed by atoms with Crippen LogP contribution in [0.4, 0.5) is 0 Å². The highest BCUT2D eigenvalue weighted by molar-refractivity contribution is 6.34. The Balaban J connectivity index is 1.99. The van der Waals surface area contributed by atoms with Gasteiger partial charge >= 0.3 is 0 Å². The Hall–Kier alpha value is -1.42. The molecule has 0 saturated heterocycles. The molecule has 0 amide bonds. The van der Waals surface area contributed by atoms with Crippen molar-refractivity contribution < 1.29 is 9.47 Å². The second-order valence-electron chi connectivity index (χ2n) is 4.56. The van der Waals surface area contributed by atoms with Crippen LogP contribution in [0.3, 0.4) is 0 Å². The quantitative estimate of drug-likeness (QED) is 0.858. The lowest BCUT2D eigenvalue weighted by atomic mass is 10.1. The van der Waals surface area contributed by atoms with Gasteiger partial charge in [0, 0.05) is 34.8 Å². The van der Waals surface area contributed by atoms with Gasteiger partial charge in [0.15, 0.2) is 0 Å². The minimum Gasteiger partial charge on any atom is -0.497 e. The van der Waals surface area contributed by atoms with Gasteiger partial charge in [-0.15, -0.1) is 0 Å². The van der Waals surface area contributed by atoms with Gasteiger partial charge in [-0.3, -0.25) is 0 Å². The number of hydrogen-bond acceptors (Lipinski definition) is 3. The number of ether oxygens (including phenoxy) is 2. The molecule has 0 saturated carbocycles. The maximum Gasteiger partial charge on any atom is 0.127 e. The summed E-state index contributed by atoms with van der Waals surface area (Å²) >= 11 is 12.0. The fourth-order valence-corrected chi connectivity index (χ4v) is 2.62. The number of methoxy groups -OCH3 is 2. The third-order valence-electron chi connectivity index (χ3n) is 3.06. The molecule has 0 atom stereocenters. The SMILES string of the molecule is COc1ccc(CNCc2cc(Cl)cc(Cl)c2)c(OC)c1. The first-order chi connectivity index (χ1) is 10.1. The van der Waals surface area contributed by atoms with Crippen molar-refractivity contribution in [1.82, 2.24) is 5.32 Å². The zero-order valence-electron chi connectivity index (χ0n) is 12.0. The van der Waals surface area contributed by atoms with E-state index in [0.717, 1.165) is 22.6 Å². The van der Waals surface area contributed by atoms with Crippen LogP contribution in [-0.2, 0) is 13.1 Å². The van der Waals surface area contributed by atoms with Crippen LogP contribution in [0.25, 0.3) is 0 Å². The summed E-state index contributed by atoms with van der Waals surface area (Å²) in [6, 6.07) is 11.3. The standard InChI is InChI=1S/C16H17Cl2NO2/c1-20-15-4-3-12(16(8-15)21-2)10-19-9-11-5-13(17)7-14(18)6-11/h3-8,19H,9-10H2,1-2H3. The molecular formula is C16H17Cl2NO2. The molecule has 1 N–H and O–H groups in total. The van der Waals surface area contributed by atoms with E-state index in [-0.39, 0.29) is 0 Å². The van der Waals surface area contributed by atoms with Crippen molar-refractivity contribution in [3.05, 3.63) is 57.6 Å². The molecule has 0 aliphatic heterocycles. The molecular weight excluding hydrogens is 309 g/mol. The van der Waals surface area contributed by atoms with Gasteiger partial charge in [0.05, 0.1) is 14.2 Å². The third-order valence-corrected chi connectivity index (χ3v) is 3.50. The molecule has 0 aromatic heterocycles. The van der Waals surface area contributed by atoms with Gasteiger partial charge in [-0.2, -0.15) is 0 Å². The van der Waals surface area contributed by atoms with Crippen LogP contribution in [0.1, 0.15) is 11.1 Å². The molecule has 0 aliphatic rings. The number of hydrogen-bond donors (Lipinski definition) is 1. The average Bonchev–Trinajstić information content (AvgIpc) is 2.46. The topological polar surface area (TPSA) is 30.5 Å². The number of benzene rings is 2. The van der Waals surface area contributed by atoms with Crippen LogP contribution >= 0.6 is 23.2 Å². The Morgan fingerprint density at radius 3 is 2.24 bits per heavy atom. The van der Waals surface area contributed by atoms with Crippen molar-refractivity contribution in [3.63, 3.8) is 0 Å². The van der Waals surface area contributed by atoms with E-state index in [4.69, 9.17) is 32.7 Å². The normalized spacial score (nSPS) is 10.5. The molecule has 0 unspecified atom stereocenters. The van der Waals surface area contributed by atoms with Crippen LogP contribution in [-0.4, -0.2) is 14.2 Å². The Kier molecular flexibility index (Phi) is 5.74. The van der Waals surface area contributed by atoms with Gasteiger partial charge in [0.2, 0.25) is 0 Å². The summed E-state index contributed by atoms with van der Waals surface area (Å²) < 4.78 is 10.5. The largest absolute Gasteiger partial charge is 0.497 e. The van der Waals surface area contributed by atoms with Crippen molar-refractivity contribution in [1.29, 1.82) is 0 Å². The lowest BCUT2D eigenvalue weighted by Gasteiger charge is -2.11. The third kappa shape index (κ3) is 4.53. The maximum atomic E-state index is 5.98. The first-order valence-electron chi connectivity index (χ1n) is 6.49. The summed E-state index contributed by atoms with van der Waals surface area (Å²) in [5, 5.41) is 4.63. The molecule has 0 spiro atoms. The first-order valence-corrected chi connectivity index (χ1v) is 7.24. The predicted octanol–water partition coefficient (Wildman–Crippen LogP) is 4.30. The summed E-state index contributed by atoms with van der Waals surface area (Å²) in [6.07, 6.45) is 0. The van der Waals surface area contributed by atoms with Gasteiger partial charge in [-0.1, -0.05) is 29.3 Å². The second-order valence-corrected chi connectivity index (χ2v) is 5.43. The summed E-state index contributed by atoms with van der Waals surface area (Å²) in [7, 11) is 3.28. The zero-order chi connectivity index (χ0) is 15.2. The van der Waals surface area contributed by atoms with Gasteiger partial charge in [0.1, 0.15) is 11.5 Å². The highest BCUT2D eigenvalue weighted by atomic mass is 35.5. The predicted molar refractivity (Wildman–Crippen MR) is 86.6 cm³/mol. The minimum absolute atomic E-state index is 0.640. The van der Waals surface area contributed by atoms with Gasteiger partial charge in [-0.25, -0.2) is 0 Å². The Morgan fingerprint density at radius 1 is 0.905 bits per heavy atom. The van der Waals surface area contributed by atoms with Crippen LogP contribution in [0.15, 0.2) is 36.4 Å². The van der Waals surface area contributed by atoms with Crippen molar-refractivity contribution in [2.75, 3.05) is 14.2 Å². The minimum atomic E-state index is 0.640. The molecule has 0 radical (unpaired) electrons. The van der Waals surface area contributed by atoms with Crippen LogP contribution in [0.2, 0.25) is 10.0 Å². The van der Waals surface area contributed by atoms with Crippen LogP contribution < -0.4 is 14.8 Å². The van der Waals surface area contributed by atoms with E-state index in [2.05, 4.69) is 5.32 Å². The molecule has 21 heavy (non-hydrogen) atoms. The smallest absolute Gasteiger partial charge is 0.127 e. The van der Waals surface area contributed by atoms with Crippen molar-refractivity contribution >= 4 is 23.2 Å². The number of nitrogens with one attached hydrogen (secondary N) is 1. The molecule has 0 aliphatic carbocycles. The molecule has 0 bridgehead atoms. The lowest BCUT2D eigenvalue weighted by molar-refractivity contribution is 0.390. The van der Waals surface area contributed by atoms with E-state index in [0.29, 0.717) is 23.1 Å². The van der Waals surface area contributed by atoms with E-state index in [9.17, 15) is 0 Å². The number of halogens is 2. The molecule has 2 aromatic carbocycles. The summed E-state index contributed by atoms with van der Waals surface area (Å²) in [4.78, 5) is 0. The molecule has 2 aromatic rings. The van der Waals surface area contributed by atoms with E-state index < -0.39 is 0 Å². The highest BCUT2D eigenvalue weighted by Crippen LogP contribution is 2.24. The van der Waals surface area contributed by atoms with E-state index in [1.54, 1.807) is 20.3 Å². The van der Waals surface area contributed by atoms with E-state index in [1.807, 2.05) is 30.3 Å². The Morgan fingerprint density at radius 2 is 1.62 bits per heavy atom. The Bertz CT molecular complexity index is 597. The van der Waals surface area contributed by atoms with Crippen molar-refractivity contribution in [2.24, 2.45) is 0 Å². The molecule has 112 valence electrons. The molecule has 2 rings (SSSR count). The fraction of sp³-hybridized carbons (Fsp3) is 0.250. The van der Waals surface area contributed by atoms with Gasteiger partial charge in [0.25, 0.3) is 0 Å². The van der Waals surface area contributed by atoms with Crippen LogP contribution in [0, 0.1) is 0 Å². The molecule has 0 fully saturated rings. The Labute approximate surface area is 134 Å². The summed E-state index contributed by atoms with van der Waals surface area (Å²) in [6.45, 7) is 1.35. The molecule has 5 heteroatoms. The lowest BCUT2D eigenvalue weighted by Crippen LogP contribution is -2.13. The van der Waals surface area contributed by atoms with Gasteiger partial charge < -0.3 is 14.8 Å². The van der Waals surface area contributed by atoms with Gasteiger partial charge in [-0.05, 0) is 29.8 Å². The van der Waals surface area contributed by atoms with E-state index in [1.165, 1.54) is 0 Å². The van der Waals surface area contributed by atoms with Crippen LogP contribution in [0.5, 0.6) is 11.5 Å². The monoisotopic (exact) mass is 325 g/mol. The fourth-order valence-electron chi connectivity index (χ4n) is 2.05. The molecule has 0 heterocycles. The second kappa shape index (κ2) is 7.55. The van der Waals surface area contributed by atoms with Crippen molar-refractivity contribution in [2.45, 2.75) is 13.1 Å².